The molecule has 4 aliphatic carbocycles. The van der Waals surface area contributed by atoms with Gasteiger partial charge in [0.15, 0.2) is 12.1 Å². The molecular weight excluding hydrogens is 336 g/mol. The van der Waals surface area contributed by atoms with E-state index in [1.54, 1.807) is 0 Å². The SMILES string of the molecule is C=C1C(=O)[C@@]23C4CC[C@@H]1[C@@H]2O[C@H]1O[C@]3(O)[C@@H](O)[C@@H]2C(C)(C)CC[C@H](O)[C@]412. The van der Waals surface area contributed by atoms with Crippen molar-refractivity contribution in [2.24, 2.45) is 34.0 Å². The van der Waals surface area contributed by atoms with Gasteiger partial charge in [-0.3, -0.25) is 4.79 Å². The molecule has 0 radical (unpaired) electrons. The number of carbonyl (C=O) groups excluding carboxylic acids is 1. The molecule has 4 saturated carbocycles. The standard InChI is InChI=1S/C20H26O6/c1-8-9-4-5-10-18-11(21)6-7-17(2,3)12(18)14(23)20(24)19(10,13(8)22)15(9)25-16(18)26-20/h9-12,14-16,21,23-24H,1,4-7H2,2-3H3/t9-,10?,11-,12+,14-,15-,16-,18-,19-,20+/m0/s1. The third-order valence-electron chi connectivity index (χ3n) is 9.14. The molecule has 8 rings (SSSR count). The van der Waals surface area contributed by atoms with E-state index in [0.29, 0.717) is 18.4 Å². The van der Waals surface area contributed by atoms with Crippen molar-refractivity contribution in [3.8, 4) is 0 Å². The highest BCUT2D eigenvalue weighted by atomic mass is 16.8. The first-order valence-corrected chi connectivity index (χ1v) is 9.80. The number of ketones is 1. The molecule has 4 saturated heterocycles. The Bertz CT molecular complexity index is 761. The van der Waals surface area contributed by atoms with Crippen molar-refractivity contribution >= 4 is 5.78 Å². The average molecular weight is 362 g/mol. The third kappa shape index (κ3) is 1.19. The second-order valence-corrected chi connectivity index (χ2v) is 10.1. The van der Waals surface area contributed by atoms with E-state index in [9.17, 15) is 20.1 Å². The van der Waals surface area contributed by atoms with Crippen LogP contribution in [0.3, 0.4) is 0 Å². The van der Waals surface area contributed by atoms with E-state index < -0.39 is 47.1 Å². The quantitative estimate of drug-likeness (QED) is 0.550. The van der Waals surface area contributed by atoms with Crippen LogP contribution in [0.5, 0.6) is 0 Å². The Morgan fingerprint density at radius 2 is 1.92 bits per heavy atom. The van der Waals surface area contributed by atoms with Crippen molar-refractivity contribution in [2.45, 2.75) is 69.9 Å². The molecule has 10 atom stereocenters. The molecule has 4 aliphatic heterocycles. The molecule has 8 aliphatic rings. The summed E-state index contributed by atoms with van der Waals surface area (Å²) in [6.07, 6.45) is -0.473. The summed E-state index contributed by atoms with van der Waals surface area (Å²) in [5, 5.41) is 34.3. The lowest BCUT2D eigenvalue weighted by molar-refractivity contribution is -0.556. The zero-order valence-corrected chi connectivity index (χ0v) is 15.1. The molecule has 4 heterocycles. The summed E-state index contributed by atoms with van der Waals surface area (Å²) in [5.74, 6) is -2.99. The minimum Gasteiger partial charge on any atom is -0.392 e. The number of hydrogen-bond donors (Lipinski definition) is 3. The highest BCUT2D eigenvalue weighted by Gasteiger charge is 2.92. The minimum absolute atomic E-state index is 0.133. The molecular formula is C20H26O6. The van der Waals surface area contributed by atoms with Crippen LogP contribution >= 0.6 is 0 Å². The number of aliphatic hydroxyl groups is 3. The van der Waals surface area contributed by atoms with E-state index in [2.05, 4.69) is 20.4 Å². The summed E-state index contributed by atoms with van der Waals surface area (Å²) < 4.78 is 12.3. The summed E-state index contributed by atoms with van der Waals surface area (Å²) in [6.45, 7) is 8.14. The summed E-state index contributed by atoms with van der Waals surface area (Å²) in [6, 6.07) is 0. The maximum Gasteiger partial charge on any atom is 0.211 e. The number of hydrogen-bond acceptors (Lipinski definition) is 6. The van der Waals surface area contributed by atoms with E-state index in [4.69, 9.17) is 9.47 Å². The average Bonchev–Trinajstić information content (AvgIpc) is 2.71. The minimum atomic E-state index is -1.97. The van der Waals surface area contributed by atoms with Gasteiger partial charge in [0, 0.05) is 11.8 Å². The van der Waals surface area contributed by atoms with Gasteiger partial charge in [-0.25, -0.2) is 0 Å². The van der Waals surface area contributed by atoms with Crippen LogP contribution in [0.4, 0.5) is 0 Å². The van der Waals surface area contributed by atoms with Crippen LogP contribution in [0, 0.1) is 34.0 Å². The smallest absolute Gasteiger partial charge is 0.211 e. The first kappa shape index (κ1) is 16.2. The van der Waals surface area contributed by atoms with E-state index in [1.165, 1.54) is 0 Å². The molecule has 3 N–H and O–H groups in total. The van der Waals surface area contributed by atoms with Gasteiger partial charge in [-0.15, -0.1) is 0 Å². The second kappa shape index (κ2) is 4.13. The second-order valence-electron chi connectivity index (χ2n) is 10.1. The normalized spacial score (nSPS) is 64.0. The molecule has 142 valence electrons. The van der Waals surface area contributed by atoms with Crippen molar-refractivity contribution in [2.75, 3.05) is 0 Å². The van der Waals surface area contributed by atoms with Crippen LogP contribution in [-0.4, -0.2) is 51.5 Å². The lowest BCUT2D eigenvalue weighted by atomic mass is 9.34. The number of aliphatic hydroxyl groups excluding tert-OH is 2. The topological polar surface area (TPSA) is 96.2 Å². The lowest BCUT2D eigenvalue weighted by Gasteiger charge is -2.79. The summed E-state index contributed by atoms with van der Waals surface area (Å²) in [4.78, 5) is 13.4. The molecule has 26 heavy (non-hydrogen) atoms. The molecule has 6 heteroatoms. The highest BCUT2D eigenvalue weighted by Crippen LogP contribution is 2.81. The van der Waals surface area contributed by atoms with Crippen LogP contribution in [0.15, 0.2) is 12.2 Å². The first-order valence-electron chi connectivity index (χ1n) is 9.80. The van der Waals surface area contributed by atoms with Crippen LogP contribution < -0.4 is 0 Å². The van der Waals surface area contributed by atoms with Crippen molar-refractivity contribution in [3.63, 3.8) is 0 Å². The van der Waals surface area contributed by atoms with Gasteiger partial charge >= 0.3 is 0 Å². The van der Waals surface area contributed by atoms with Gasteiger partial charge in [0.25, 0.3) is 0 Å². The highest BCUT2D eigenvalue weighted by molar-refractivity contribution is 6.05. The fraction of sp³-hybridized carbons (Fsp3) is 0.850. The molecule has 1 unspecified atom stereocenters. The molecule has 8 fully saturated rings. The monoisotopic (exact) mass is 362 g/mol. The Hall–Kier alpha value is -0.790. The van der Waals surface area contributed by atoms with Crippen LogP contribution in [0.1, 0.15) is 39.5 Å². The van der Waals surface area contributed by atoms with Gasteiger partial charge in [0.2, 0.25) is 5.79 Å². The van der Waals surface area contributed by atoms with Crippen molar-refractivity contribution < 1.29 is 29.6 Å². The molecule has 7 bridgehead atoms. The Morgan fingerprint density at radius 3 is 2.65 bits per heavy atom. The summed E-state index contributed by atoms with van der Waals surface area (Å²) in [7, 11) is 0. The van der Waals surface area contributed by atoms with Gasteiger partial charge in [-0.05, 0) is 42.6 Å². The van der Waals surface area contributed by atoms with Crippen molar-refractivity contribution in [3.05, 3.63) is 12.2 Å². The Morgan fingerprint density at radius 1 is 1.19 bits per heavy atom. The van der Waals surface area contributed by atoms with Crippen LogP contribution in [0.25, 0.3) is 0 Å². The van der Waals surface area contributed by atoms with Gasteiger partial charge in [-0.1, -0.05) is 20.4 Å². The van der Waals surface area contributed by atoms with Crippen LogP contribution in [-0.2, 0) is 14.3 Å². The Labute approximate surface area is 152 Å². The largest absolute Gasteiger partial charge is 0.392 e. The molecule has 0 aromatic rings. The van der Waals surface area contributed by atoms with Crippen molar-refractivity contribution in [1.82, 2.24) is 0 Å². The number of rotatable bonds is 0. The molecule has 6 nitrogen and oxygen atoms in total. The van der Waals surface area contributed by atoms with Gasteiger partial charge < -0.3 is 24.8 Å². The maximum atomic E-state index is 13.4. The van der Waals surface area contributed by atoms with Gasteiger partial charge in [0.05, 0.1) is 17.6 Å². The Kier molecular flexibility index (Phi) is 2.57. The fourth-order valence-corrected chi connectivity index (χ4v) is 8.38. The zero-order valence-electron chi connectivity index (χ0n) is 15.1. The summed E-state index contributed by atoms with van der Waals surface area (Å²) >= 11 is 0. The van der Waals surface area contributed by atoms with Gasteiger partial charge in [-0.2, -0.15) is 0 Å². The molecule has 0 aromatic heterocycles. The maximum absolute atomic E-state index is 13.4. The zero-order chi connectivity index (χ0) is 18.4. The Balaban J connectivity index is 1.70. The lowest BCUT2D eigenvalue weighted by Crippen LogP contribution is -2.91. The number of Topliss-reactive ketones (excluding diaryl/α,β-unsaturated/α-hetero) is 1. The van der Waals surface area contributed by atoms with Crippen LogP contribution in [0.2, 0.25) is 0 Å². The summed E-state index contributed by atoms with van der Waals surface area (Å²) in [5.41, 5.74) is -2.03. The number of carbonyl (C=O) groups is 1. The van der Waals surface area contributed by atoms with E-state index in [0.717, 1.165) is 12.8 Å². The first-order chi connectivity index (χ1) is 12.1. The van der Waals surface area contributed by atoms with E-state index in [1.807, 2.05) is 0 Å². The third-order valence-corrected chi connectivity index (χ3v) is 9.14. The number of ether oxygens (including phenoxy) is 2. The van der Waals surface area contributed by atoms with E-state index in [-0.39, 0.29) is 23.0 Å². The van der Waals surface area contributed by atoms with E-state index >= 15 is 0 Å². The van der Waals surface area contributed by atoms with Gasteiger partial charge in [0.1, 0.15) is 11.5 Å². The predicted octanol–water partition coefficient (Wildman–Crippen LogP) is 0.740. The van der Waals surface area contributed by atoms with Crippen molar-refractivity contribution in [1.29, 1.82) is 0 Å². The molecule has 0 amide bonds. The molecule has 2 spiro atoms. The predicted molar refractivity (Wildman–Crippen MR) is 88.4 cm³/mol. The molecule has 0 aromatic carbocycles. The fourth-order valence-electron chi connectivity index (χ4n) is 8.38.